The summed E-state index contributed by atoms with van der Waals surface area (Å²) < 4.78 is 0. The van der Waals surface area contributed by atoms with Gasteiger partial charge in [0.15, 0.2) is 0 Å². The van der Waals surface area contributed by atoms with E-state index in [1.807, 2.05) is 6.07 Å². The Morgan fingerprint density at radius 2 is 2.17 bits per heavy atom. The van der Waals surface area contributed by atoms with Crippen LogP contribution in [-0.4, -0.2) is 21.3 Å². The van der Waals surface area contributed by atoms with Crippen LogP contribution in [0, 0.1) is 0 Å². The highest BCUT2D eigenvalue weighted by Gasteiger charge is 2.22. The summed E-state index contributed by atoms with van der Waals surface area (Å²) in [7, 11) is 0. The maximum Gasteiger partial charge on any atom is 0.126 e. The van der Waals surface area contributed by atoms with Gasteiger partial charge in [0.25, 0.3) is 0 Å². The maximum absolute atomic E-state index is 9.47. The molecule has 3 heteroatoms. The van der Waals surface area contributed by atoms with Gasteiger partial charge in [0.2, 0.25) is 0 Å². The zero-order valence-corrected chi connectivity index (χ0v) is 6.38. The summed E-state index contributed by atoms with van der Waals surface area (Å²) in [5.41, 5.74) is 1.42. The molecule has 1 heterocycles. The summed E-state index contributed by atoms with van der Waals surface area (Å²) >= 11 is 0. The van der Waals surface area contributed by atoms with Crippen LogP contribution in [0.2, 0.25) is 0 Å². The minimum absolute atomic E-state index is 0.549. The molecule has 62 valence electrons. The Morgan fingerprint density at radius 3 is 3.00 bits per heavy atom. The second-order valence-electron chi connectivity index (χ2n) is 2.77. The van der Waals surface area contributed by atoms with E-state index in [0.717, 1.165) is 5.56 Å². The van der Waals surface area contributed by atoms with Crippen LogP contribution in [0.1, 0.15) is 17.4 Å². The minimum Gasteiger partial charge on any atom is -0.386 e. The molecule has 0 aliphatic heterocycles. The van der Waals surface area contributed by atoms with Gasteiger partial charge in [-0.05, 0) is 11.6 Å². The highest BCUT2D eigenvalue weighted by Crippen LogP contribution is 2.25. The van der Waals surface area contributed by atoms with Crippen LogP contribution in [0.25, 0.3) is 6.08 Å². The first-order chi connectivity index (χ1) is 5.79. The highest BCUT2D eigenvalue weighted by atomic mass is 16.3. The van der Waals surface area contributed by atoms with E-state index in [-0.39, 0.29) is 0 Å². The molecule has 0 fully saturated rings. The molecule has 1 aliphatic rings. The zero-order chi connectivity index (χ0) is 8.55. The van der Waals surface area contributed by atoms with Crippen LogP contribution >= 0.6 is 0 Å². The zero-order valence-electron chi connectivity index (χ0n) is 6.38. The van der Waals surface area contributed by atoms with Crippen molar-refractivity contribution in [2.24, 2.45) is 0 Å². The lowest BCUT2D eigenvalue weighted by molar-refractivity contribution is 0.0440. The molecule has 2 N–H and O–H groups in total. The van der Waals surface area contributed by atoms with Gasteiger partial charge in [0.05, 0.1) is 5.69 Å². The Hall–Kier alpha value is -1.19. The van der Waals surface area contributed by atoms with E-state index in [0.29, 0.717) is 5.69 Å². The van der Waals surface area contributed by atoms with Crippen LogP contribution in [0.15, 0.2) is 24.4 Å². The molecule has 1 aliphatic carbocycles. The van der Waals surface area contributed by atoms with E-state index in [1.165, 1.54) is 0 Å². The summed E-state index contributed by atoms with van der Waals surface area (Å²) in [6, 6.07) is 3.65. The molecule has 12 heavy (non-hydrogen) atoms. The van der Waals surface area contributed by atoms with Crippen LogP contribution in [0.3, 0.4) is 0 Å². The molecule has 0 bridgehead atoms. The number of pyridine rings is 1. The van der Waals surface area contributed by atoms with E-state index >= 15 is 0 Å². The lowest BCUT2D eigenvalue weighted by atomic mass is 9.98. The van der Waals surface area contributed by atoms with Gasteiger partial charge in [0.1, 0.15) is 12.2 Å². The lowest BCUT2D eigenvalue weighted by Gasteiger charge is -2.19. The fourth-order valence-corrected chi connectivity index (χ4v) is 1.29. The Kier molecular flexibility index (Phi) is 1.67. The van der Waals surface area contributed by atoms with E-state index in [1.54, 1.807) is 24.4 Å². The first kappa shape index (κ1) is 7.46. The van der Waals surface area contributed by atoms with Gasteiger partial charge in [-0.25, -0.2) is 0 Å². The fraction of sp³-hybridized carbons (Fsp3) is 0.222. The predicted molar refractivity (Wildman–Crippen MR) is 44.2 cm³/mol. The molecule has 0 spiro atoms. The molecule has 0 unspecified atom stereocenters. The van der Waals surface area contributed by atoms with Crippen molar-refractivity contribution in [1.29, 1.82) is 0 Å². The van der Waals surface area contributed by atoms with Gasteiger partial charge in [-0.3, -0.25) is 4.98 Å². The SMILES string of the molecule is O[C@@H]1C=Cc2cccnc2[C@@H]1O. The number of aliphatic hydroxyl groups is 2. The highest BCUT2D eigenvalue weighted by molar-refractivity contribution is 5.55. The van der Waals surface area contributed by atoms with Gasteiger partial charge in [-0.1, -0.05) is 18.2 Å². The van der Waals surface area contributed by atoms with Crippen molar-refractivity contribution in [2.75, 3.05) is 0 Å². The van der Waals surface area contributed by atoms with Crippen LogP contribution < -0.4 is 0 Å². The first-order valence-electron chi connectivity index (χ1n) is 3.78. The van der Waals surface area contributed by atoms with Gasteiger partial charge in [0, 0.05) is 6.20 Å². The minimum atomic E-state index is -0.883. The average Bonchev–Trinajstić information content (AvgIpc) is 2.12. The van der Waals surface area contributed by atoms with Crippen molar-refractivity contribution in [1.82, 2.24) is 4.98 Å². The van der Waals surface area contributed by atoms with E-state index < -0.39 is 12.2 Å². The second-order valence-corrected chi connectivity index (χ2v) is 2.77. The van der Waals surface area contributed by atoms with Crippen molar-refractivity contribution in [3.8, 4) is 0 Å². The molecule has 0 aromatic carbocycles. The molecule has 0 saturated carbocycles. The quantitative estimate of drug-likeness (QED) is 0.585. The van der Waals surface area contributed by atoms with Crippen LogP contribution in [0.4, 0.5) is 0 Å². The van der Waals surface area contributed by atoms with Crippen molar-refractivity contribution in [2.45, 2.75) is 12.2 Å². The third kappa shape index (κ3) is 1.03. The predicted octanol–water partition coefficient (Wildman–Crippen LogP) is 0.503. The Morgan fingerprint density at radius 1 is 1.33 bits per heavy atom. The number of rotatable bonds is 0. The van der Waals surface area contributed by atoms with Gasteiger partial charge in [-0.2, -0.15) is 0 Å². The summed E-state index contributed by atoms with van der Waals surface area (Å²) in [4.78, 5) is 3.99. The van der Waals surface area contributed by atoms with Gasteiger partial charge >= 0.3 is 0 Å². The average molecular weight is 163 g/mol. The molecule has 3 nitrogen and oxygen atoms in total. The Bertz CT molecular complexity index is 322. The molecular weight excluding hydrogens is 154 g/mol. The van der Waals surface area contributed by atoms with E-state index in [4.69, 9.17) is 0 Å². The standard InChI is InChI=1S/C9H9NO2/c11-7-4-3-6-2-1-5-10-8(6)9(7)12/h1-5,7,9,11-12H/t7-,9-/m1/s1. The normalized spacial score (nSPS) is 26.8. The van der Waals surface area contributed by atoms with Crippen molar-refractivity contribution in [3.05, 3.63) is 35.7 Å². The van der Waals surface area contributed by atoms with Crippen molar-refractivity contribution < 1.29 is 10.2 Å². The molecule has 1 aromatic rings. The Labute approximate surface area is 70.0 Å². The third-order valence-corrected chi connectivity index (χ3v) is 1.95. The van der Waals surface area contributed by atoms with E-state index in [2.05, 4.69) is 4.98 Å². The number of hydrogen-bond donors (Lipinski definition) is 2. The van der Waals surface area contributed by atoms with Gasteiger partial charge in [-0.15, -0.1) is 0 Å². The van der Waals surface area contributed by atoms with E-state index in [9.17, 15) is 10.2 Å². The monoisotopic (exact) mass is 163 g/mol. The van der Waals surface area contributed by atoms with Crippen molar-refractivity contribution >= 4 is 6.08 Å². The number of fused-ring (bicyclic) bond motifs is 1. The topological polar surface area (TPSA) is 53.4 Å². The molecular formula is C9H9NO2. The number of hydrogen-bond acceptors (Lipinski definition) is 3. The first-order valence-corrected chi connectivity index (χ1v) is 3.78. The second kappa shape index (κ2) is 2.69. The van der Waals surface area contributed by atoms with Crippen molar-refractivity contribution in [3.63, 3.8) is 0 Å². The summed E-state index contributed by atoms with van der Waals surface area (Å²) in [5, 5.41) is 18.7. The molecule has 0 saturated heterocycles. The number of nitrogens with zero attached hydrogens (tertiary/aromatic N) is 1. The summed E-state index contributed by atoms with van der Waals surface area (Å²) in [6.07, 6.45) is 3.22. The largest absolute Gasteiger partial charge is 0.386 e. The number of aliphatic hydroxyl groups excluding tert-OH is 2. The molecule has 2 atom stereocenters. The molecule has 0 radical (unpaired) electrons. The maximum atomic E-state index is 9.47. The van der Waals surface area contributed by atoms with Crippen LogP contribution in [0.5, 0.6) is 0 Å². The van der Waals surface area contributed by atoms with Gasteiger partial charge < -0.3 is 10.2 Å². The summed E-state index contributed by atoms with van der Waals surface area (Å²) in [5.74, 6) is 0. The third-order valence-electron chi connectivity index (χ3n) is 1.95. The molecule has 1 aromatic heterocycles. The van der Waals surface area contributed by atoms with Crippen LogP contribution in [-0.2, 0) is 0 Å². The fourth-order valence-electron chi connectivity index (χ4n) is 1.29. The molecule has 2 rings (SSSR count). The lowest BCUT2D eigenvalue weighted by Crippen LogP contribution is -2.20. The smallest absolute Gasteiger partial charge is 0.126 e. The number of aromatic nitrogens is 1. The molecule has 0 amide bonds. The summed E-state index contributed by atoms with van der Waals surface area (Å²) in [6.45, 7) is 0. The Balaban J connectivity index is 2.52.